The molecule has 1 aliphatic rings. The van der Waals surface area contributed by atoms with Gasteiger partial charge in [-0.1, -0.05) is 0 Å². The predicted molar refractivity (Wildman–Crippen MR) is 84.0 cm³/mol. The Hall–Kier alpha value is -2.19. The average molecular weight is 355 g/mol. The molecule has 0 radical (unpaired) electrons. The monoisotopic (exact) mass is 355 g/mol. The van der Waals surface area contributed by atoms with Gasteiger partial charge in [-0.15, -0.1) is 5.10 Å². The summed E-state index contributed by atoms with van der Waals surface area (Å²) in [5.41, 5.74) is 1.57. The zero-order chi connectivity index (χ0) is 18.4. The number of aryl methyl sites for hydroxylation is 2. The fraction of sp³-hybridized carbons (Fsp3) is 0.625. The Bertz CT molecular complexity index is 814. The van der Waals surface area contributed by atoms with E-state index in [2.05, 4.69) is 15.1 Å². The molecular weight excluding hydrogens is 335 g/mol. The van der Waals surface area contributed by atoms with Gasteiger partial charge in [-0.2, -0.15) is 18.2 Å². The van der Waals surface area contributed by atoms with Crippen LogP contribution in [0.25, 0.3) is 5.78 Å². The second-order valence-corrected chi connectivity index (χ2v) is 6.51. The number of carbonyl (C=O) groups excluding carboxylic acids is 1. The fourth-order valence-electron chi connectivity index (χ4n) is 3.31. The van der Waals surface area contributed by atoms with Crippen molar-refractivity contribution in [3.8, 4) is 0 Å². The smallest absolute Gasteiger partial charge is 0.340 e. The van der Waals surface area contributed by atoms with Gasteiger partial charge in [0.05, 0.1) is 6.42 Å². The van der Waals surface area contributed by atoms with Crippen molar-refractivity contribution in [2.45, 2.75) is 58.7 Å². The van der Waals surface area contributed by atoms with Crippen molar-refractivity contribution in [1.82, 2.24) is 24.5 Å². The van der Waals surface area contributed by atoms with Crippen LogP contribution in [0, 0.1) is 13.8 Å². The lowest BCUT2D eigenvalue weighted by atomic mass is 10.0. The second-order valence-electron chi connectivity index (χ2n) is 6.51. The molecule has 2 aromatic rings. The summed E-state index contributed by atoms with van der Waals surface area (Å²) < 4.78 is 39.6. The van der Waals surface area contributed by atoms with Crippen LogP contribution in [0.2, 0.25) is 0 Å². The number of amides is 1. The molecule has 0 aromatic carbocycles. The Morgan fingerprint density at radius 2 is 1.96 bits per heavy atom. The maximum atomic E-state index is 12.8. The van der Waals surface area contributed by atoms with Crippen LogP contribution in [0.4, 0.5) is 13.2 Å². The number of alkyl halides is 3. The number of likely N-dealkylation sites (tertiary alicyclic amines) is 1. The molecule has 25 heavy (non-hydrogen) atoms. The van der Waals surface area contributed by atoms with Crippen LogP contribution in [0.15, 0.2) is 0 Å². The summed E-state index contributed by atoms with van der Waals surface area (Å²) in [6, 6.07) is 0.182. The lowest BCUT2D eigenvalue weighted by Gasteiger charge is -2.33. The average Bonchev–Trinajstić information content (AvgIpc) is 2.96. The lowest BCUT2D eigenvalue weighted by Crippen LogP contribution is -2.43. The van der Waals surface area contributed by atoms with Crippen molar-refractivity contribution in [3.63, 3.8) is 0 Å². The molecule has 1 atom stereocenters. The predicted octanol–water partition coefficient (Wildman–Crippen LogP) is 2.70. The SMILES string of the molecule is Cc1nc2nc(C(F)(F)F)nn2c(C)c1CC(=O)N1CCCC[C@H]1C. The van der Waals surface area contributed by atoms with Gasteiger partial charge < -0.3 is 4.90 Å². The number of halogens is 3. The van der Waals surface area contributed by atoms with Gasteiger partial charge in [0.1, 0.15) is 0 Å². The van der Waals surface area contributed by atoms with Crippen LogP contribution in [-0.2, 0) is 17.4 Å². The number of hydrogen-bond donors (Lipinski definition) is 0. The molecule has 0 unspecified atom stereocenters. The molecule has 1 amide bonds. The molecule has 2 aromatic heterocycles. The molecule has 1 fully saturated rings. The summed E-state index contributed by atoms with van der Waals surface area (Å²) >= 11 is 0. The van der Waals surface area contributed by atoms with Crippen molar-refractivity contribution >= 4 is 11.7 Å². The third-order valence-corrected chi connectivity index (χ3v) is 4.75. The Balaban J connectivity index is 1.94. The van der Waals surface area contributed by atoms with Crippen molar-refractivity contribution < 1.29 is 18.0 Å². The highest BCUT2D eigenvalue weighted by Gasteiger charge is 2.37. The van der Waals surface area contributed by atoms with Crippen molar-refractivity contribution in [3.05, 3.63) is 22.8 Å². The Kier molecular flexibility index (Phi) is 4.42. The molecule has 3 heterocycles. The fourth-order valence-corrected chi connectivity index (χ4v) is 3.31. The van der Waals surface area contributed by atoms with Gasteiger partial charge in [0.25, 0.3) is 11.6 Å². The van der Waals surface area contributed by atoms with Crippen LogP contribution in [-0.4, -0.2) is 43.0 Å². The number of piperidine rings is 1. The maximum Gasteiger partial charge on any atom is 0.453 e. The first-order valence-corrected chi connectivity index (χ1v) is 8.28. The van der Waals surface area contributed by atoms with Crippen LogP contribution in [0.1, 0.15) is 49.0 Å². The molecule has 0 N–H and O–H groups in total. The van der Waals surface area contributed by atoms with Gasteiger partial charge in [0.15, 0.2) is 0 Å². The highest BCUT2D eigenvalue weighted by atomic mass is 19.4. The third-order valence-electron chi connectivity index (χ3n) is 4.75. The molecule has 0 saturated carbocycles. The number of carbonyl (C=O) groups is 1. The van der Waals surface area contributed by atoms with Crippen molar-refractivity contribution in [2.75, 3.05) is 6.54 Å². The van der Waals surface area contributed by atoms with E-state index in [0.29, 0.717) is 17.0 Å². The standard InChI is InChI=1S/C16H20F3N5O/c1-9-6-4-5-7-23(9)13(25)8-12-10(2)20-15-21-14(16(17,18)19)22-24(15)11(12)3/h9H,4-8H2,1-3H3/t9-/m1/s1. The summed E-state index contributed by atoms with van der Waals surface area (Å²) in [6.45, 7) is 6.05. The topological polar surface area (TPSA) is 63.4 Å². The van der Waals surface area contributed by atoms with E-state index >= 15 is 0 Å². The van der Waals surface area contributed by atoms with Gasteiger partial charge in [-0.3, -0.25) is 4.79 Å². The van der Waals surface area contributed by atoms with Crippen LogP contribution in [0.5, 0.6) is 0 Å². The summed E-state index contributed by atoms with van der Waals surface area (Å²) in [5.74, 6) is -1.36. The summed E-state index contributed by atoms with van der Waals surface area (Å²) in [6.07, 6.45) is -1.47. The molecule has 9 heteroatoms. The minimum atomic E-state index is -4.63. The first-order chi connectivity index (χ1) is 11.7. The van der Waals surface area contributed by atoms with E-state index in [0.717, 1.165) is 30.3 Å². The van der Waals surface area contributed by atoms with E-state index in [1.54, 1.807) is 13.8 Å². The Morgan fingerprint density at radius 1 is 1.24 bits per heavy atom. The van der Waals surface area contributed by atoms with Crippen molar-refractivity contribution in [1.29, 1.82) is 0 Å². The third kappa shape index (κ3) is 3.32. The van der Waals surface area contributed by atoms with E-state index in [-0.39, 0.29) is 24.1 Å². The first kappa shape index (κ1) is 17.6. The summed E-state index contributed by atoms with van der Waals surface area (Å²) in [5, 5.41) is 3.51. The maximum absolute atomic E-state index is 12.8. The number of hydrogen-bond acceptors (Lipinski definition) is 4. The van der Waals surface area contributed by atoms with Crippen LogP contribution < -0.4 is 0 Å². The van der Waals surface area contributed by atoms with Crippen LogP contribution >= 0.6 is 0 Å². The van der Waals surface area contributed by atoms with Crippen LogP contribution in [0.3, 0.4) is 0 Å². The molecule has 3 rings (SSSR count). The highest BCUT2D eigenvalue weighted by molar-refractivity contribution is 5.79. The van der Waals surface area contributed by atoms with E-state index in [1.165, 1.54) is 0 Å². The first-order valence-electron chi connectivity index (χ1n) is 8.28. The van der Waals surface area contributed by atoms with Gasteiger partial charge in [0.2, 0.25) is 5.91 Å². The van der Waals surface area contributed by atoms with E-state index in [4.69, 9.17) is 0 Å². The largest absolute Gasteiger partial charge is 0.453 e. The molecule has 136 valence electrons. The zero-order valence-electron chi connectivity index (χ0n) is 14.4. The van der Waals surface area contributed by atoms with Gasteiger partial charge in [-0.25, -0.2) is 9.50 Å². The molecule has 1 saturated heterocycles. The van der Waals surface area contributed by atoms with Crippen molar-refractivity contribution in [2.24, 2.45) is 0 Å². The van der Waals surface area contributed by atoms with Gasteiger partial charge in [-0.05, 0) is 40.0 Å². The minimum absolute atomic E-state index is 0.0317. The van der Waals surface area contributed by atoms with E-state index < -0.39 is 12.0 Å². The minimum Gasteiger partial charge on any atom is -0.340 e. The normalized spacial score (nSPS) is 18.8. The lowest BCUT2D eigenvalue weighted by molar-refractivity contribution is -0.144. The quantitative estimate of drug-likeness (QED) is 0.831. The Morgan fingerprint density at radius 3 is 2.60 bits per heavy atom. The number of rotatable bonds is 2. The number of nitrogens with zero attached hydrogens (tertiary/aromatic N) is 5. The molecular formula is C16H20F3N5O. The molecule has 6 nitrogen and oxygen atoms in total. The highest BCUT2D eigenvalue weighted by Crippen LogP contribution is 2.27. The van der Waals surface area contributed by atoms with Gasteiger partial charge >= 0.3 is 6.18 Å². The molecule has 0 spiro atoms. The summed E-state index contributed by atoms with van der Waals surface area (Å²) in [7, 11) is 0. The summed E-state index contributed by atoms with van der Waals surface area (Å²) in [4.78, 5) is 22.1. The number of aromatic nitrogens is 4. The molecule has 1 aliphatic heterocycles. The van der Waals surface area contributed by atoms with E-state index in [1.807, 2.05) is 11.8 Å². The van der Waals surface area contributed by atoms with E-state index in [9.17, 15) is 18.0 Å². The molecule has 0 bridgehead atoms. The Labute approximate surface area is 143 Å². The number of fused-ring (bicyclic) bond motifs is 1. The van der Waals surface area contributed by atoms with Gasteiger partial charge in [0, 0.05) is 29.5 Å². The zero-order valence-corrected chi connectivity index (χ0v) is 14.4. The second kappa shape index (κ2) is 6.27. The molecule has 0 aliphatic carbocycles.